The van der Waals surface area contributed by atoms with Crippen molar-refractivity contribution in [3.8, 4) is 10.7 Å². The summed E-state index contributed by atoms with van der Waals surface area (Å²) < 4.78 is 0. The molecule has 0 radical (unpaired) electrons. The van der Waals surface area contributed by atoms with Crippen molar-refractivity contribution in [1.82, 2.24) is 20.5 Å². The number of amides is 1. The van der Waals surface area contributed by atoms with Crippen molar-refractivity contribution in [2.45, 2.75) is 38.6 Å². The molecule has 0 spiro atoms. The standard InChI is InChI=1S/C16H21N5OS/c1-2-6-14(22)18-12-7-5-10-21(11-12)16-20-19-15(23-16)13-8-3-4-9-17-13/h3-4,8-9,12H,2,5-7,10-11H2,1H3,(H,18,22). The van der Waals surface area contributed by atoms with E-state index in [0.717, 1.165) is 48.2 Å². The van der Waals surface area contributed by atoms with Crippen LogP contribution in [0.25, 0.3) is 10.7 Å². The predicted octanol–water partition coefficient (Wildman–Crippen LogP) is 2.49. The molecule has 6 nitrogen and oxygen atoms in total. The molecule has 1 N–H and O–H groups in total. The molecule has 0 aliphatic carbocycles. The topological polar surface area (TPSA) is 71.0 Å². The Morgan fingerprint density at radius 3 is 3.13 bits per heavy atom. The van der Waals surface area contributed by atoms with Crippen LogP contribution in [0, 0.1) is 0 Å². The number of carbonyl (C=O) groups excluding carboxylic acids is 1. The maximum absolute atomic E-state index is 11.8. The van der Waals surface area contributed by atoms with E-state index in [1.807, 2.05) is 25.1 Å². The van der Waals surface area contributed by atoms with Crippen LogP contribution in [0.1, 0.15) is 32.6 Å². The fourth-order valence-corrected chi connectivity index (χ4v) is 3.59. The Balaban J connectivity index is 1.65. The van der Waals surface area contributed by atoms with Gasteiger partial charge in [0.15, 0.2) is 5.01 Å². The summed E-state index contributed by atoms with van der Waals surface area (Å²) in [6.07, 6.45) is 5.31. The third-order valence-electron chi connectivity index (χ3n) is 3.83. The molecule has 1 aliphatic rings. The number of anilines is 1. The zero-order chi connectivity index (χ0) is 16.1. The molecule has 1 atom stereocenters. The summed E-state index contributed by atoms with van der Waals surface area (Å²) in [4.78, 5) is 18.3. The summed E-state index contributed by atoms with van der Waals surface area (Å²) in [5.41, 5.74) is 0.848. The molecule has 1 saturated heterocycles. The van der Waals surface area contributed by atoms with Crippen LogP contribution in [0.2, 0.25) is 0 Å². The van der Waals surface area contributed by atoms with Crippen LogP contribution in [0.5, 0.6) is 0 Å². The van der Waals surface area contributed by atoms with E-state index < -0.39 is 0 Å². The zero-order valence-corrected chi connectivity index (χ0v) is 14.1. The van der Waals surface area contributed by atoms with Crippen LogP contribution in [-0.2, 0) is 4.79 Å². The lowest BCUT2D eigenvalue weighted by molar-refractivity contribution is -0.121. The molecule has 1 amide bonds. The van der Waals surface area contributed by atoms with Crippen LogP contribution in [-0.4, -0.2) is 40.2 Å². The van der Waals surface area contributed by atoms with Crippen molar-refractivity contribution in [3.05, 3.63) is 24.4 Å². The number of pyridine rings is 1. The first-order valence-corrected chi connectivity index (χ1v) is 8.87. The SMILES string of the molecule is CCCC(=O)NC1CCCN(c2nnc(-c3ccccn3)s2)C1. The van der Waals surface area contributed by atoms with E-state index in [9.17, 15) is 4.79 Å². The molecule has 2 aromatic rings. The van der Waals surface area contributed by atoms with E-state index in [1.165, 1.54) is 0 Å². The molecule has 3 rings (SSSR count). The molecule has 23 heavy (non-hydrogen) atoms. The maximum Gasteiger partial charge on any atom is 0.220 e. The van der Waals surface area contributed by atoms with Gasteiger partial charge < -0.3 is 10.2 Å². The molecular formula is C16H21N5OS. The lowest BCUT2D eigenvalue weighted by atomic mass is 10.1. The van der Waals surface area contributed by atoms with Gasteiger partial charge in [-0.25, -0.2) is 0 Å². The number of hydrogen-bond donors (Lipinski definition) is 1. The second kappa shape index (κ2) is 7.50. The molecule has 1 unspecified atom stereocenters. The zero-order valence-electron chi connectivity index (χ0n) is 13.2. The molecule has 0 bridgehead atoms. The monoisotopic (exact) mass is 331 g/mol. The van der Waals surface area contributed by atoms with E-state index in [2.05, 4.69) is 25.4 Å². The molecule has 1 aliphatic heterocycles. The third kappa shape index (κ3) is 4.04. The minimum Gasteiger partial charge on any atom is -0.352 e. The Labute approximate surface area is 140 Å². The lowest BCUT2D eigenvalue weighted by Gasteiger charge is -2.32. The van der Waals surface area contributed by atoms with Gasteiger partial charge in [-0.15, -0.1) is 10.2 Å². The summed E-state index contributed by atoms with van der Waals surface area (Å²) in [6.45, 7) is 3.77. The average Bonchev–Trinajstić information content (AvgIpc) is 3.06. The first kappa shape index (κ1) is 15.9. The molecule has 2 aromatic heterocycles. The second-order valence-corrected chi connectivity index (χ2v) is 6.66. The number of carbonyl (C=O) groups is 1. The van der Waals surface area contributed by atoms with Gasteiger partial charge in [0.05, 0.1) is 0 Å². The van der Waals surface area contributed by atoms with Crippen molar-refractivity contribution in [2.75, 3.05) is 18.0 Å². The Bertz CT molecular complexity index is 645. The van der Waals surface area contributed by atoms with Crippen molar-refractivity contribution < 1.29 is 4.79 Å². The van der Waals surface area contributed by atoms with Gasteiger partial charge in [-0.1, -0.05) is 24.3 Å². The minimum absolute atomic E-state index is 0.144. The minimum atomic E-state index is 0.144. The molecule has 1 fully saturated rings. The van der Waals surface area contributed by atoms with Gasteiger partial charge in [-0.05, 0) is 31.4 Å². The molecule has 0 saturated carbocycles. The highest BCUT2D eigenvalue weighted by Crippen LogP contribution is 2.29. The fraction of sp³-hybridized carbons (Fsp3) is 0.500. The van der Waals surface area contributed by atoms with Crippen LogP contribution in [0.15, 0.2) is 24.4 Å². The fourth-order valence-electron chi connectivity index (χ4n) is 2.73. The van der Waals surface area contributed by atoms with Crippen molar-refractivity contribution >= 4 is 22.4 Å². The molecule has 122 valence electrons. The maximum atomic E-state index is 11.8. The molecule has 0 aromatic carbocycles. The Morgan fingerprint density at radius 1 is 1.43 bits per heavy atom. The second-order valence-electron chi connectivity index (χ2n) is 5.71. The van der Waals surface area contributed by atoms with E-state index in [4.69, 9.17) is 0 Å². The normalized spacial score (nSPS) is 18.0. The third-order valence-corrected chi connectivity index (χ3v) is 4.84. The number of nitrogens with zero attached hydrogens (tertiary/aromatic N) is 4. The Morgan fingerprint density at radius 2 is 2.35 bits per heavy atom. The van der Waals surface area contributed by atoms with Gasteiger partial charge in [0.25, 0.3) is 0 Å². The quantitative estimate of drug-likeness (QED) is 0.911. The predicted molar refractivity (Wildman–Crippen MR) is 91.4 cm³/mol. The number of piperidine rings is 1. The highest BCUT2D eigenvalue weighted by molar-refractivity contribution is 7.18. The van der Waals surface area contributed by atoms with Crippen LogP contribution < -0.4 is 10.2 Å². The van der Waals surface area contributed by atoms with E-state index in [-0.39, 0.29) is 11.9 Å². The van der Waals surface area contributed by atoms with Crippen LogP contribution in [0.3, 0.4) is 0 Å². The largest absolute Gasteiger partial charge is 0.352 e. The van der Waals surface area contributed by atoms with Crippen molar-refractivity contribution in [2.24, 2.45) is 0 Å². The highest BCUT2D eigenvalue weighted by atomic mass is 32.1. The van der Waals surface area contributed by atoms with E-state index in [0.29, 0.717) is 6.42 Å². The summed E-state index contributed by atoms with van der Waals surface area (Å²) in [5, 5.41) is 13.4. The van der Waals surface area contributed by atoms with Crippen molar-refractivity contribution in [3.63, 3.8) is 0 Å². The van der Waals surface area contributed by atoms with Gasteiger partial charge in [0.2, 0.25) is 11.0 Å². The number of nitrogens with one attached hydrogen (secondary N) is 1. The van der Waals surface area contributed by atoms with Gasteiger partial charge in [-0.3, -0.25) is 9.78 Å². The first-order chi connectivity index (χ1) is 11.3. The van der Waals surface area contributed by atoms with Gasteiger partial charge in [0.1, 0.15) is 5.69 Å². The number of rotatable bonds is 5. The summed E-state index contributed by atoms with van der Waals surface area (Å²) in [6, 6.07) is 5.97. The molecular weight excluding hydrogens is 310 g/mol. The summed E-state index contributed by atoms with van der Waals surface area (Å²) >= 11 is 1.55. The van der Waals surface area contributed by atoms with E-state index in [1.54, 1.807) is 17.5 Å². The Kier molecular flexibility index (Phi) is 5.17. The Hall–Kier alpha value is -2.02. The summed E-state index contributed by atoms with van der Waals surface area (Å²) in [5.74, 6) is 0.144. The molecule has 7 heteroatoms. The van der Waals surface area contributed by atoms with Gasteiger partial charge >= 0.3 is 0 Å². The smallest absolute Gasteiger partial charge is 0.220 e. The van der Waals surface area contributed by atoms with Crippen LogP contribution in [0.4, 0.5) is 5.13 Å². The van der Waals surface area contributed by atoms with Crippen molar-refractivity contribution in [1.29, 1.82) is 0 Å². The van der Waals surface area contributed by atoms with Gasteiger partial charge in [-0.2, -0.15) is 0 Å². The first-order valence-electron chi connectivity index (χ1n) is 8.05. The summed E-state index contributed by atoms with van der Waals surface area (Å²) in [7, 11) is 0. The van der Waals surface area contributed by atoms with Gasteiger partial charge in [0, 0.05) is 31.7 Å². The molecule has 3 heterocycles. The number of aromatic nitrogens is 3. The number of hydrogen-bond acceptors (Lipinski definition) is 6. The van der Waals surface area contributed by atoms with Crippen LogP contribution >= 0.6 is 11.3 Å². The highest BCUT2D eigenvalue weighted by Gasteiger charge is 2.24. The van der Waals surface area contributed by atoms with E-state index >= 15 is 0 Å². The average molecular weight is 331 g/mol. The lowest BCUT2D eigenvalue weighted by Crippen LogP contribution is -2.47.